The minimum Gasteiger partial charge on any atom is -0.377 e. The van der Waals surface area contributed by atoms with Gasteiger partial charge in [-0.05, 0) is 44.0 Å². The lowest BCUT2D eigenvalue weighted by molar-refractivity contribution is 0.0712. The Labute approximate surface area is 202 Å². The number of aryl methyl sites for hydroxylation is 1. The maximum absolute atomic E-state index is 12.9. The number of nitrogens with zero attached hydrogens (tertiary/aromatic N) is 6. The number of sulfonamides is 1. The predicted molar refractivity (Wildman–Crippen MR) is 132 cm³/mol. The molecular weight excluding hydrogens is 452 g/mol. The van der Waals surface area contributed by atoms with E-state index in [0.717, 1.165) is 56.5 Å². The largest absolute Gasteiger partial charge is 0.377 e. The zero-order valence-electron chi connectivity index (χ0n) is 19.8. The van der Waals surface area contributed by atoms with E-state index in [1.807, 2.05) is 31.2 Å². The summed E-state index contributed by atoms with van der Waals surface area (Å²) >= 11 is 0. The van der Waals surface area contributed by atoms with Gasteiger partial charge in [-0.1, -0.05) is 17.7 Å². The second-order valence-corrected chi connectivity index (χ2v) is 11.3. The summed E-state index contributed by atoms with van der Waals surface area (Å²) in [4.78, 5) is 7.23. The van der Waals surface area contributed by atoms with Gasteiger partial charge in [-0.15, -0.1) is 10.2 Å². The summed E-state index contributed by atoms with van der Waals surface area (Å²) in [7, 11) is -3.47. The maximum Gasteiger partial charge on any atom is 0.243 e. The van der Waals surface area contributed by atoms with Crippen LogP contribution in [0.3, 0.4) is 0 Å². The van der Waals surface area contributed by atoms with Gasteiger partial charge in [-0.25, -0.2) is 8.42 Å². The fraction of sp³-hybridized carbons (Fsp3) is 0.583. The molecule has 0 saturated carbocycles. The molecule has 1 aromatic heterocycles. The highest BCUT2D eigenvalue weighted by molar-refractivity contribution is 7.89. The average molecular weight is 487 g/mol. The van der Waals surface area contributed by atoms with Crippen molar-refractivity contribution in [1.29, 1.82) is 0 Å². The zero-order chi connectivity index (χ0) is 23.5. The lowest BCUT2D eigenvalue weighted by atomic mass is 10.2. The Morgan fingerprint density at radius 3 is 1.97 bits per heavy atom. The third-order valence-electron chi connectivity index (χ3n) is 7.04. The van der Waals surface area contributed by atoms with E-state index < -0.39 is 10.0 Å². The van der Waals surface area contributed by atoms with Crippen LogP contribution < -0.4 is 9.80 Å². The molecule has 4 heterocycles. The molecule has 3 saturated heterocycles. The van der Waals surface area contributed by atoms with Gasteiger partial charge in [0, 0.05) is 65.5 Å². The molecule has 10 heteroatoms. The lowest BCUT2D eigenvalue weighted by Gasteiger charge is -2.36. The quantitative estimate of drug-likeness (QED) is 0.609. The van der Waals surface area contributed by atoms with Crippen molar-refractivity contribution in [3.8, 4) is 0 Å². The number of ether oxygens (including phenoxy) is 1. The summed E-state index contributed by atoms with van der Waals surface area (Å²) in [5, 5.41) is 8.96. The highest BCUT2D eigenvalue weighted by atomic mass is 32.2. The topological polar surface area (TPSA) is 82.1 Å². The van der Waals surface area contributed by atoms with Crippen LogP contribution in [0.15, 0.2) is 41.3 Å². The van der Waals surface area contributed by atoms with Gasteiger partial charge in [0.15, 0.2) is 11.6 Å². The first-order chi connectivity index (χ1) is 16.5. The van der Waals surface area contributed by atoms with E-state index >= 15 is 0 Å². The second kappa shape index (κ2) is 10.2. The molecule has 3 aliphatic heterocycles. The van der Waals surface area contributed by atoms with E-state index in [1.165, 1.54) is 12.8 Å². The molecule has 0 amide bonds. The van der Waals surface area contributed by atoms with Crippen molar-refractivity contribution in [2.24, 2.45) is 0 Å². The van der Waals surface area contributed by atoms with Crippen LogP contribution in [0, 0.1) is 6.92 Å². The van der Waals surface area contributed by atoms with Crippen LogP contribution in [-0.2, 0) is 14.8 Å². The molecule has 0 bridgehead atoms. The Bertz CT molecular complexity index is 1040. The molecule has 0 radical (unpaired) electrons. The summed E-state index contributed by atoms with van der Waals surface area (Å²) in [5.74, 6) is 1.70. The number of benzene rings is 1. The highest BCUT2D eigenvalue weighted by Crippen LogP contribution is 2.22. The molecule has 0 N–H and O–H groups in total. The normalized spacial score (nSPS) is 22.9. The summed E-state index contributed by atoms with van der Waals surface area (Å²) in [6, 6.07) is 11.1. The Kier molecular flexibility index (Phi) is 7.01. The van der Waals surface area contributed by atoms with Gasteiger partial charge >= 0.3 is 0 Å². The zero-order valence-corrected chi connectivity index (χ0v) is 20.7. The third-order valence-corrected chi connectivity index (χ3v) is 8.95. The molecule has 9 nitrogen and oxygen atoms in total. The van der Waals surface area contributed by atoms with Crippen LogP contribution in [0.2, 0.25) is 0 Å². The molecule has 3 fully saturated rings. The van der Waals surface area contributed by atoms with Crippen molar-refractivity contribution < 1.29 is 13.2 Å². The van der Waals surface area contributed by atoms with Crippen LogP contribution >= 0.6 is 0 Å². The minimum atomic E-state index is -3.47. The van der Waals surface area contributed by atoms with E-state index in [0.29, 0.717) is 37.2 Å². The van der Waals surface area contributed by atoms with E-state index in [2.05, 4.69) is 24.9 Å². The number of hydrogen-bond donors (Lipinski definition) is 0. The van der Waals surface area contributed by atoms with E-state index in [9.17, 15) is 8.42 Å². The van der Waals surface area contributed by atoms with Crippen LogP contribution in [0.5, 0.6) is 0 Å². The van der Waals surface area contributed by atoms with E-state index in [1.54, 1.807) is 16.4 Å². The average Bonchev–Trinajstić information content (AvgIpc) is 3.38. The van der Waals surface area contributed by atoms with Gasteiger partial charge < -0.3 is 14.5 Å². The fourth-order valence-electron chi connectivity index (χ4n) is 4.91. The van der Waals surface area contributed by atoms with Crippen LogP contribution in [0.25, 0.3) is 0 Å². The molecule has 1 aromatic carbocycles. The molecule has 2 aromatic rings. The highest BCUT2D eigenvalue weighted by Gasteiger charge is 2.29. The number of rotatable bonds is 6. The van der Waals surface area contributed by atoms with Crippen molar-refractivity contribution in [1.82, 2.24) is 19.4 Å². The van der Waals surface area contributed by atoms with Crippen LogP contribution in [0.4, 0.5) is 11.6 Å². The number of piperazine rings is 2. The standard InChI is InChI=1S/C24H34N6O3S/c1-20-4-6-22(7-5-20)34(31,32)30-16-14-29(15-17-30)24-9-8-23(25-26-24)28-12-10-27(11-13-28)19-21-3-2-18-33-21/h4-9,21H,2-3,10-19H2,1H3. The van der Waals surface area contributed by atoms with Crippen molar-refractivity contribution in [3.63, 3.8) is 0 Å². The molecule has 0 aliphatic carbocycles. The Morgan fingerprint density at radius 1 is 0.853 bits per heavy atom. The Hall–Kier alpha value is -2.27. The summed E-state index contributed by atoms with van der Waals surface area (Å²) < 4.78 is 33.2. The van der Waals surface area contributed by atoms with Gasteiger partial charge in [0.1, 0.15) is 0 Å². The van der Waals surface area contributed by atoms with Gasteiger partial charge in [0.2, 0.25) is 10.0 Å². The molecule has 0 spiro atoms. The lowest BCUT2D eigenvalue weighted by Crippen LogP contribution is -2.49. The molecule has 5 rings (SSSR count). The Balaban J connectivity index is 1.13. The SMILES string of the molecule is Cc1ccc(S(=O)(=O)N2CCN(c3ccc(N4CCN(CC5CCCO5)CC4)nn3)CC2)cc1. The second-order valence-electron chi connectivity index (χ2n) is 9.38. The first kappa shape index (κ1) is 23.5. The first-order valence-electron chi connectivity index (χ1n) is 12.2. The third kappa shape index (κ3) is 5.19. The maximum atomic E-state index is 12.9. The first-order valence-corrected chi connectivity index (χ1v) is 13.7. The predicted octanol–water partition coefficient (Wildman–Crippen LogP) is 1.60. The number of anilines is 2. The van der Waals surface area contributed by atoms with Crippen molar-refractivity contribution in [2.45, 2.75) is 30.8 Å². The molecule has 34 heavy (non-hydrogen) atoms. The van der Waals surface area contributed by atoms with Gasteiger partial charge in [-0.3, -0.25) is 4.90 Å². The van der Waals surface area contributed by atoms with Crippen molar-refractivity contribution in [3.05, 3.63) is 42.0 Å². The van der Waals surface area contributed by atoms with E-state index in [4.69, 9.17) is 4.74 Å². The molecule has 1 unspecified atom stereocenters. The fourth-order valence-corrected chi connectivity index (χ4v) is 6.33. The van der Waals surface area contributed by atoms with Crippen molar-refractivity contribution >= 4 is 21.7 Å². The Morgan fingerprint density at radius 2 is 1.44 bits per heavy atom. The van der Waals surface area contributed by atoms with Gasteiger partial charge in [0.05, 0.1) is 11.0 Å². The molecule has 1 atom stereocenters. The summed E-state index contributed by atoms with van der Waals surface area (Å²) in [5.41, 5.74) is 1.05. The number of hydrogen-bond acceptors (Lipinski definition) is 8. The summed E-state index contributed by atoms with van der Waals surface area (Å²) in [6.45, 7) is 9.87. The molecule has 3 aliphatic rings. The number of aromatic nitrogens is 2. The molecule has 184 valence electrons. The molecular formula is C24H34N6O3S. The smallest absolute Gasteiger partial charge is 0.243 e. The summed E-state index contributed by atoms with van der Waals surface area (Å²) in [6.07, 6.45) is 2.77. The minimum absolute atomic E-state index is 0.353. The van der Waals surface area contributed by atoms with E-state index in [-0.39, 0.29) is 0 Å². The monoisotopic (exact) mass is 486 g/mol. The van der Waals surface area contributed by atoms with Gasteiger partial charge in [0.25, 0.3) is 0 Å². The van der Waals surface area contributed by atoms with Crippen LogP contribution in [-0.4, -0.2) is 99.4 Å². The van der Waals surface area contributed by atoms with Crippen molar-refractivity contribution in [2.75, 3.05) is 75.3 Å². The van der Waals surface area contributed by atoms with Crippen LogP contribution in [0.1, 0.15) is 18.4 Å². The van der Waals surface area contributed by atoms with Gasteiger partial charge in [-0.2, -0.15) is 4.31 Å².